The van der Waals surface area contributed by atoms with E-state index < -0.39 is 0 Å². The normalized spacial score (nSPS) is 35.3. The summed E-state index contributed by atoms with van der Waals surface area (Å²) in [5.41, 5.74) is 6.56. The number of rotatable bonds is 1. The van der Waals surface area contributed by atoms with Gasteiger partial charge in [-0.15, -0.1) is 0 Å². The number of hydrogen-bond donors (Lipinski definition) is 2. The van der Waals surface area contributed by atoms with Gasteiger partial charge in [-0.2, -0.15) is 0 Å². The van der Waals surface area contributed by atoms with Crippen LogP contribution in [0.15, 0.2) is 12.4 Å². The molecule has 1 aliphatic rings. The number of nitrogens with one attached hydrogen (secondary N) is 1. The van der Waals surface area contributed by atoms with Crippen LogP contribution in [0.25, 0.3) is 0 Å². The third kappa shape index (κ3) is 2.07. The molecule has 0 aromatic carbocycles. The average Bonchev–Trinajstić information content (AvgIpc) is 2.49. The van der Waals surface area contributed by atoms with Gasteiger partial charge in [-0.3, -0.25) is 0 Å². The van der Waals surface area contributed by atoms with Crippen molar-refractivity contribution in [2.24, 2.45) is 17.1 Å². The number of aromatic nitrogens is 2. The summed E-state index contributed by atoms with van der Waals surface area (Å²) in [7, 11) is 0. The van der Waals surface area contributed by atoms with E-state index >= 15 is 0 Å². The summed E-state index contributed by atoms with van der Waals surface area (Å²) in [5, 5.41) is 0. The van der Waals surface area contributed by atoms with E-state index in [1.807, 2.05) is 6.20 Å². The van der Waals surface area contributed by atoms with Crippen LogP contribution in [0.1, 0.15) is 45.9 Å². The summed E-state index contributed by atoms with van der Waals surface area (Å²) in [6.45, 7) is 6.88. The Kier molecular flexibility index (Phi) is 2.38. The lowest BCUT2D eigenvalue weighted by Gasteiger charge is -2.44. The molecule has 15 heavy (non-hydrogen) atoms. The molecule has 3 heteroatoms. The first kappa shape index (κ1) is 10.7. The van der Waals surface area contributed by atoms with E-state index in [1.54, 1.807) is 6.20 Å². The number of nitrogens with zero attached hydrogens (tertiary/aromatic N) is 1. The first-order valence-electron chi connectivity index (χ1n) is 5.70. The van der Waals surface area contributed by atoms with Gasteiger partial charge >= 0.3 is 0 Å². The average molecular weight is 207 g/mol. The Labute approximate surface area is 91.5 Å². The zero-order valence-corrected chi connectivity index (χ0v) is 9.88. The van der Waals surface area contributed by atoms with Gasteiger partial charge in [0.15, 0.2) is 0 Å². The van der Waals surface area contributed by atoms with Crippen molar-refractivity contribution in [3.8, 4) is 0 Å². The van der Waals surface area contributed by atoms with Crippen LogP contribution in [0, 0.1) is 11.3 Å². The van der Waals surface area contributed by atoms with Gasteiger partial charge in [0.05, 0.1) is 5.54 Å². The summed E-state index contributed by atoms with van der Waals surface area (Å²) in [6.07, 6.45) is 6.95. The van der Waals surface area contributed by atoms with Gasteiger partial charge in [-0.25, -0.2) is 4.98 Å². The fourth-order valence-corrected chi connectivity index (χ4v) is 3.35. The molecule has 3 N–H and O–H groups in total. The van der Waals surface area contributed by atoms with Crippen LogP contribution >= 0.6 is 0 Å². The SMILES string of the molecule is CC1CC(C)(C)CC(N)(c2ncc[nH]2)C1. The molecule has 1 saturated carbocycles. The molecule has 0 bridgehead atoms. The lowest BCUT2D eigenvalue weighted by atomic mass is 9.64. The standard InChI is InChI=1S/C12H21N3/c1-9-6-11(2,3)8-12(13,7-9)10-14-4-5-15-10/h4-5,9H,6-8,13H2,1-3H3,(H,14,15). The topological polar surface area (TPSA) is 54.7 Å². The maximum atomic E-state index is 6.50. The molecule has 1 aromatic rings. The van der Waals surface area contributed by atoms with Gasteiger partial charge in [0.2, 0.25) is 0 Å². The minimum Gasteiger partial charge on any atom is -0.347 e. The maximum Gasteiger partial charge on any atom is 0.126 e. The van der Waals surface area contributed by atoms with Crippen molar-refractivity contribution in [3.63, 3.8) is 0 Å². The Balaban J connectivity index is 2.28. The van der Waals surface area contributed by atoms with E-state index in [9.17, 15) is 0 Å². The second-order valence-electron chi connectivity index (χ2n) is 5.95. The zero-order chi connectivity index (χ0) is 11.1. The zero-order valence-electron chi connectivity index (χ0n) is 9.88. The van der Waals surface area contributed by atoms with Gasteiger partial charge in [-0.05, 0) is 30.6 Å². The highest BCUT2D eigenvalue weighted by Gasteiger charge is 2.42. The summed E-state index contributed by atoms with van der Waals surface area (Å²) >= 11 is 0. The largest absolute Gasteiger partial charge is 0.347 e. The van der Waals surface area contributed by atoms with E-state index in [2.05, 4.69) is 30.7 Å². The van der Waals surface area contributed by atoms with Gasteiger partial charge in [0, 0.05) is 12.4 Å². The van der Waals surface area contributed by atoms with Gasteiger partial charge < -0.3 is 10.7 Å². The van der Waals surface area contributed by atoms with Gasteiger partial charge in [0.25, 0.3) is 0 Å². The second kappa shape index (κ2) is 3.34. The smallest absolute Gasteiger partial charge is 0.126 e. The van der Waals surface area contributed by atoms with Crippen LogP contribution in [0.4, 0.5) is 0 Å². The Morgan fingerprint density at radius 3 is 2.73 bits per heavy atom. The molecule has 0 aliphatic heterocycles. The van der Waals surface area contributed by atoms with Crippen molar-refractivity contribution >= 4 is 0 Å². The quantitative estimate of drug-likeness (QED) is 0.743. The van der Waals surface area contributed by atoms with Crippen molar-refractivity contribution in [1.29, 1.82) is 0 Å². The molecule has 2 rings (SSSR count). The van der Waals surface area contributed by atoms with Crippen molar-refractivity contribution < 1.29 is 0 Å². The lowest BCUT2D eigenvalue weighted by molar-refractivity contribution is 0.102. The highest BCUT2D eigenvalue weighted by Crippen LogP contribution is 2.46. The Hall–Kier alpha value is -0.830. The fraction of sp³-hybridized carbons (Fsp3) is 0.750. The van der Waals surface area contributed by atoms with Crippen molar-refractivity contribution in [2.45, 2.75) is 45.6 Å². The molecule has 0 amide bonds. The molecule has 1 heterocycles. The van der Waals surface area contributed by atoms with E-state index in [0.717, 1.165) is 18.7 Å². The number of nitrogens with two attached hydrogens (primary N) is 1. The monoisotopic (exact) mass is 207 g/mol. The molecule has 2 atom stereocenters. The van der Waals surface area contributed by atoms with E-state index in [4.69, 9.17) is 5.73 Å². The molecular weight excluding hydrogens is 186 g/mol. The number of hydrogen-bond acceptors (Lipinski definition) is 2. The maximum absolute atomic E-state index is 6.50. The molecule has 0 saturated heterocycles. The molecule has 2 unspecified atom stereocenters. The number of aromatic amines is 1. The minimum absolute atomic E-state index is 0.259. The summed E-state index contributed by atoms with van der Waals surface area (Å²) < 4.78 is 0. The summed E-state index contributed by atoms with van der Waals surface area (Å²) in [6, 6.07) is 0. The third-order valence-electron chi connectivity index (χ3n) is 3.38. The fourth-order valence-electron chi connectivity index (χ4n) is 3.35. The molecule has 0 spiro atoms. The Morgan fingerprint density at radius 2 is 2.20 bits per heavy atom. The predicted octanol–water partition coefficient (Wildman–Crippen LogP) is 2.41. The summed E-state index contributed by atoms with van der Waals surface area (Å²) in [4.78, 5) is 7.50. The number of imidazole rings is 1. The molecule has 1 fully saturated rings. The third-order valence-corrected chi connectivity index (χ3v) is 3.38. The molecule has 84 valence electrons. The highest BCUT2D eigenvalue weighted by molar-refractivity contribution is 5.09. The predicted molar refractivity (Wildman–Crippen MR) is 61.2 cm³/mol. The first-order chi connectivity index (χ1) is 6.91. The molecule has 1 aliphatic carbocycles. The van der Waals surface area contributed by atoms with Crippen LogP contribution in [0.3, 0.4) is 0 Å². The van der Waals surface area contributed by atoms with Crippen LogP contribution in [-0.4, -0.2) is 9.97 Å². The van der Waals surface area contributed by atoms with E-state index in [-0.39, 0.29) is 5.54 Å². The van der Waals surface area contributed by atoms with Gasteiger partial charge in [0.1, 0.15) is 5.82 Å². The Bertz CT molecular complexity index is 329. The van der Waals surface area contributed by atoms with E-state index in [1.165, 1.54) is 6.42 Å². The molecule has 3 nitrogen and oxygen atoms in total. The highest BCUT2D eigenvalue weighted by atomic mass is 15.0. The van der Waals surface area contributed by atoms with Crippen LogP contribution in [0.5, 0.6) is 0 Å². The lowest BCUT2D eigenvalue weighted by Crippen LogP contribution is -2.47. The summed E-state index contributed by atoms with van der Waals surface area (Å²) in [5.74, 6) is 1.62. The van der Waals surface area contributed by atoms with Crippen LogP contribution < -0.4 is 5.73 Å². The van der Waals surface area contributed by atoms with Gasteiger partial charge in [-0.1, -0.05) is 20.8 Å². The van der Waals surface area contributed by atoms with E-state index in [0.29, 0.717) is 11.3 Å². The van der Waals surface area contributed by atoms with Crippen molar-refractivity contribution in [3.05, 3.63) is 18.2 Å². The van der Waals surface area contributed by atoms with Crippen molar-refractivity contribution in [1.82, 2.24) is 9.97 Å². The minimum atomic E-state index is -0.259. The molecular formula is C12H21N3. The van der Waals surface area contributed by atoms with Crippen molar-refractivity contribution in [2.75, 3.05) is 0 Å². The Morgan fingerprint density at radius 1 is 1.47 bits per heavy atom. The van der Waals surface area contributed by atoms with Crippen LogP contribution in [-0.2, 0) is 5.54 Å². The second-order valence-corrected chi connectivity index (χ2v) is 5.95. The number of H-pyrrole nitrogens is 1. The molecule has 1 aromatic heterocycles. The first-order valence-corrected chi connectivity index (χ1v) is 5.70. The molecule has 0 radical (unpaired) electrons. The van der Waals surface area contributed by atoms with Crippen LogP contribution in [0.2, 0.25) is 0 Å².